The van der Waals surface area contributed by atoms with Gasteiger partial charge in [-0.25, -0.2) is 0 Å². The van der Waals surface area contributed by atoms with Gasteiger partial charge in [-0.15, -0.1) is 0 Å². The van der Waals surface area contributed by atoms with Gasteiger partial charge >= 0.3 is 5.97 Å². The lowest BCUT2D eigenvalue weighted by molar-refractivity contribution is -0.137. The third-order valence-corrected chi connectivity index (χ3v) is 3.48. The van der Waals surface area contributed by atoms with Gasteiger partial charge in [0.1, 0.15) is 6.54 Å². The molecule has 0 saturated heterocycles. The van der Waals surface area contributed by atoms with E-state index in [1.54, 1.807) is 22.8 Å². The Morgan fingerprint density at radius 1 is 1.50 bits per heavy atom. The Balaban J connectivity index is 2.53. The normalized spacial score (nSPS) is 10.7. The van der Waals surface area contributed by atoms with Crippen LogP contribution in [0.3, 0.4) is 0 Å². The molecule has 5 nitrogen and oxygen atoms in total. The quantitative estimate of drug-likeness (QED) is 0.656. The molecule has 2 rings (SSSR count). The third kappa shape index (κ3) is 2.77. The summed E-state index contributed by atoms with van der Waals surface area (Å²) in [6.45, 7) is 2.40. The van der Waals surface area contributed by atoms with E-state index in [4.69, 9.17) is 21.4 Å². The smallest absolute Gasteiger partial charge is 0.323 e. The molecule has 0 fully saturated rings. The van der Waals surface area contributed by atoms with Crippen LogP contribution < -0.4 is 0 Å². The number of hydrogen-bond donors (Lipinski definition) is 1. The van der Waals surface area contributed by atoms with E-state index in [0.717, 1.165) is 22.2 Å². The van der Waals surface area contributed by atoms with Gasteiger partial charge in [-0.05, 0) is 30.7 Å². The summed E-state index contributed by atoms with van der Waals surface area (Å²) in [6, 6.07) is 5.34. The molecule has 1 aromatic heterocycles. The zero-order valence-corrected chi connectivity index (χ0v) is 11.7. The number of carbonyl (C=O) groups is 2. The number of benzene rings is 1. The van der Waals surface area contributed by atoms with Gasteiger partial charge in [0.05, 0.1) is 6.61 Å². The molecule has 0 unspecified atom stereocenters. The fraction of sp³-hybridized carbons (Fsp3) is 0.286. The van der Waals surface area contributed by atoms with Crippen LogP contribution in [0.25, 0.3) is 10.9 Å². The number of hydrogen-bond acceptors (Lipinski definition) is 3. The number of carbonyl (C=O) groups excluding carboxylic acids is 1. The van der Waals surface area contributed by atoms with Gasteiger partial charge in [0.15, 0.2) is 0 Å². The van der Waals surface area contributed by atoms with Crippen molar-refractivity contribution < 1.29 is 19.4 Å². The van der Waals surface area contributed by atoms with Gasteiger partial charge < -0.3 is 14.4 Å². The minimum absolute atomic E-state index is 0.113. The minimum atomic E-state index is -0.907. The lowest BCUT2D eigenvalue weighted by atomic mass is 10.1. The van der Waals surface area contributed by atoms with E-state index in [-0.39, 0.29) is 13.2 Å². The van der Waals surface area contributed by atoms with Crippen molar-refractivity contribution in [3.63, 3.8) is 0 Å². The molecule has 0 spiro atoms. The predicted molar refractivity (Wildman–Crippen MR) is 75.0 cm³/mol. The second kappa shape index (κ2) is 5.96. The molecule has 106 valence electrons. The van der Waals surface area contributed by atoms with Crippen molar-refractivity contribution in [1.29, 1.82) is 0 Å². The summed E-state index contributed by atoms with van der Waals surface area (Å²) in [5.41, 5.74) is 2.61. The van der Waals surface area contributed by atoms with Crippen molar-refractivity contribution in [3.8, 4) is 0 Å². The first-order valence-corrected chi connectivity index (χ1v) is 6.46. The monoisotopic (exact) mass is 295 g/mol. The van der Waals surface area contributed by atoms with Crippen LogP contribution in [-0.4, -0.2) is 28.7 Å². The van der Waals surface area contributed by atoms with Gasteiger partial charge in [-0.3, -0.25) is 9.59 Å². The SMILES string of the molecule is Cc1c(CCOC=O)c2cc(Cl)ccc2n1CC(=O)O. The number of rotatable bonds is 6. The molecule has 0 aliphatic rings. The van der Waals surface area contributed by atoms with Gasteiger partial charge in [-0.2, -0.15) is 0 Å². The average Bonchev–Trinajstić information content (AvgIpc) is 2.63. The number of aliphatic carboxylic acids is 1. The Labute approximate surface area is 120 Å². The minimum Gasteiger partial charge on any atom is -0.480 e. The molecular formula is C14H14ClNO4. The van der Waals surface area contributed by atoms with Crippen LogP contribution in [0.15, 0.2) is 18.2 Å². The Hall–Kier alpha value is -2.01. The van der Waals surface area contributed by atoms with Crippen molar-refractivity contribution in [3.05, 3.63) is 34.5 Å². The number of carboxylic acid groups (broad SMARTS) is 1. The first-order chi connectivity index (χ1) is 9.54. The van der Waals surface area contributed by atoms with E-state index >= 15 is 0 Å². The molecule has 0 saturated carbocycles. The number of nitrogens with zero attached hydrogens (tertiary/aromatic N) is 1. The topological polar surface area (TPSA) is 68.5 Å². The Bertz CT molecular complexity index is 663. The lowest BCUT2D eigenvalue weighted by Crippen LogP contribution is -2.10. The van der Waals surface area contributed by atoms with E-state index in [2.05, 4.69) is 0 Å². The van der Waals surface area contributed by atoms with Crippen LogP contribution in [0.5, 0.6) is 0 Å². The van der Waals surface area contributed by atoms with Crippen LogP contribution >= 0.6 is 11.6 Å². The van der Waals surface area contributed by atoms with Crippen LogP contribution in [0.1, 0.15) is 11.3 Å². The largest absolute Gasteiger partial charge is 0.480 e. The molecule has 20 heavy (non-hydrogen) atoms. The average molecular weight is 296 g/mol. The standard InChI is InChI=1S/C14H14ClNO4/c1-9-11(4-5-20-8-17)12-6-10(15)2-3-13(12)16(9)7-14(18)19/h2-3,6,8H,4-5,7H2,1H3,(H,18,19). The zero-order chi connectivity index (χ0) is 14.7. The maximum absolute atomic E-state index is 11.0. The molecule has 0 aliphatic heterocycles. The van der Waals surface area contributed by atoms with Gasteiger partial charge in [0.2, 0.25) is 0 Å². The molecule has 6 heteroatoms. The molecule has 1 heterocycles. The Morgan fingerprint density at radius 3 is 2.90 bits per heavy atom. The maximum Gasteiger partial charge on any atom is 0.323 e. The molecule has 1 N–H and O–H groups in total. The summed E-state index contributed by atoms with van der Waals surface area (Å²) in [7, 11) is 0. The molecule has 1 aromatic carbocycles. The summed E-state index contributed by atoms with van der Waals surface area (Å²) in [5.74, 6) is -0.907. The molecule has 0 aliphatic carbocycles. The van der Waals surface area contributed by atoms with E-state index in [1.807, 2.05) is 6.92 Å². The zero-order valence-electron chi connectivity index (χ0n) is 10.9. The highest BCUT2D eigenvalue weighted by molar-refractivity contribution is 6.31. The van der Waals surface area contributed by atoms with Gasteiger partial charge in [0.25, 0.3) is 6.47 Å². The fourth-order valence-electron chi connectivity index (χ4n) is 2.39. The summed E-state index contributed by atoms with van der Waals surface area (Å²) < 4.78 is 6.45. The van der Waals surface area contributed by atoms with Crippen molar-refractivity contribution in [2.24, 2.45) is 0 Å². The molecular weight excluding hydrogens is 282 g/mol. The predicted octanol–water partition coefficient (Wildman–Crippen LogP) is 2.40. The third-order valence-electron chi connectivity index (χ3n) is 3.25. The number of halogens is 1. The number of ether oxygens (including phenoxy) is 1. The first kappa shape index (κ1) is 14.4. The molecule has 0 bridgehead atoms. The Morgan fingerprint density at radius 2 is 2.25 bits per heavy atom. The molecule has 0 amide bonds. The molecule has 2 aromatic rings. The summed E-state index contributed by atoms with van der Waals surface area (Å²) in [6.07, 6.45) is 0.522. The lowest BCUT2D eigenvalue weighted by Gasteiger charge is -2.05. The van der Waals surface area contributed by atoms with Gasteiger partial charge in [0, 0.05) is 28.0 Å². The van der Waals surface area contributed by atoms with Crippen LogP contribution in [-0.2, 0) is 27.3 Å². The molecule has 0 atom stereocenters. The van der Waals surface area contributed by atoms with Crippen LogP contribution in [0.2, 0.25) is 5.02 Å². The van der Waals surface area contributed by atoms with E-state index in [9.17, 15) is 9.59 Å². The van der Waals surface area contributed by atoms with E-state index in [0.29, 0.717) is 17.9 Å². The van der Waals surface area contributed by atoms with Crippen LogP contribution in [0.4, 0.5) is 0 Å². The van der Waals surface area contributed by atoms with E-state index < -0.39 is 5.97 Å². The highest BCUT2D eigenvalue weighted by Gasteiger charge is 2.16. The fourth-order valence-corrected chi connectivity index (χ4v) is 2.56. The molecule has 0 radical (unpaired) electrons. The highest BCUT2D eigenvalue weighted by Crippen LogP contribution is 2.29. The highest BCUT2D eigenvalue weighted by atomic mass is 35.5. The van der Waals surface area contributed by atoms with Crippen molar-refractivity contribution in [1.82, 2.24) is 4.57 Å². The van der Waals surface area contributed by atoms with E-state index in [1.165, 1.54) is 0 Å². The number of fused-ring (bicyclic) bond motifs is 1. The van der Waals surface area contributed by atoms with Crippen molar-refractivity contribution in [2.45, 2.75) is 19.9 Å². The second-order valence-electron chi connectivity index (χ2n) is 4.42. The van der Waals surface area contributed by atoms with Crippen molar-refractivity contribution >= 4 is 34.9 Å². The maximum atomic E-state index is 11.0. The summed E-state index contributed by atoms with van der Waals surface area (Å²) in [5, 5.41) is 10.5. The number of carboxylic acids is 1. The first-order valence-electron chi connectivity index (χ1n) is 6.09. The van der Waals surface area contributed by atoms with Crippen molar-refractivity contribution in [2.75, 3.05) is 6.61 Å². The summed E-state index contributed by atoms with van der Waals surface area (Å²) >= 11 is 6.01. The number of aromatic nitrogens is 1. The Kier molecular flexibility index (Phi) is 4.29. The van der Waals surface area contributed by atoms with Gasteiger partial charge in [-0.1, -0.05) is 11.6 Å². The second-order valence-corrected chi connectivity index (χ2v) is 4.86. The van der Waals surface area contributed by atoms with Crippen LogP contribution in [0, 0.1) is 6.92 Å². The summed E-state index contributed by atoms with van der Waals surface area (Å²) in [4.78, 5) is 21.2.